The van der Waals surface area contributed by atoms with E-state index < -0.39 is 0 Å². The lowest BCUT2D eigenvalue weighted by Gasteiger charge is -2.27. The van der Waals surface area contributed by atoms with Crippen molar-refractivity contribution in [1.82, 2.24) is 5.32 Å². The first-order valence-corrected chi connectivity index (χ1v) is 6.19. The molecule has 0 aliphatic heterocycles. The zero-order valence-corrected chi connectivity index (χ0v) is 11.3. The second kappa shape index (κ2) is 6.03. The fourth-order valence-electron chi connectivity index (χ4n) is 3.17. The highest BCUT2D eigenvalue weighted by atomic mass is 35.5. The molecule has 17 heavy (non-hydrogen) atoms. The van der Waals surface area contributed by atoms with E-state index >= 15 is 0 Å². The standard InChI is InChI=1S/C12H22N2O2.ClH/c1-7(16-2)6-14-12(15)10-8-3-4-9(5-8)11(10)13;/h7-11H,3-6,13H2,1-2H3,(H,14,15);1H. The number of nitrogens with one attached hydrogen (secondary N) is 1. The van der Waals surface area contributed by atoms with E-state index in [1.54, 1.807) is 7.11 Å². The maximum absolute atomic E-state index is 12.0. The van der Waals surface area contributed by atoms with E-state index in [1.807, 2.05) is 6.92 Å². The lowest BCUT2D eigenvalue weighted by molar-refractivity contribution is -0.127. The molecule has 0 saturated heterocycles. The van der Waals surface area contributed by atoms with Crippen LogP contribution in [0, 0.1) is 17.8 Å². The molecule has 100 valence electrons. The van der Waals surface area contributed by atoms with Crippen molar-refractivity contribution in [2.75, 3.05) is 13.7 Å². The number of hydrogen-bond acceptors (Lipinski definition) is 3. The zero-order chi connectivity index (χ0) is 11.7. The van der Waals surface area contributed by atoms with Crippen molar-refractivity contribution in [3.05, 3.63) is 0 Å². The molecule has 0 radical (unpaired) electrons. The number of nitrogens with two attached hydrogens (primary N) is 1. The summed E-state index contributed by atoms with van der Waals surface area (Å²) in [4.78, 5) is 12.0. The SMILES string of the molecule is COC(C)CNC(=O)C1C2CCC(C2)C1N.Cl. The van der Waals surface area contributed by atoms with Gasteiger partial charge in [0, 0.05) is 19.7 Å². The minimum Gasteiger partial charge on any atom is -0.380 e. The maximum atomic E-state index is 12.0. The van der Waals surface area contributed by atoms with Gasteiger partial charge in [0.1, 0.15) is 0 Å². The number of carbonyl (C=O) groups excluding carboxylic acids is 1. The van der Waals surface area contributed by atoms with Gasteiger partial charge in [-0.05, 0) is 38.0 Å². The van der Waals surface area contributed by atoms with Crippen LogP contribution in [0.2, 0.25) is 0 Å². The molecule has 2 saturated carbocycles. The van der Waals surface area contributed by atoms with Gasteiger partial charge in [0.2, 0.25) is 5.91 Å². The topological polar surface area (TPSA) is 64.3 Å². The van der Waals surface area contributed by atoms with Crippen molar-refractivity contribution in [1.29, 1.82) is 0 Å². The Morgan fingerprint density at radius 2 is 2.12 bits per heavy atom. The molecule has 2 aliphatic carbocycles. The van der Waals surface area contributed by atoms with Crippen LogP contribution in [-0.2, 0) is 9.53 Å². The molecule has 5 unspecified atom stereocenters. The van der Waals surface area contributed by atoms with Crippen molar-refractivity contribution in [3.63, 3.8) is 0 Å². The summed E-state index contributed by atoms with van der Waals surface area (Å²) in [5.74, 6) is 1.28. The predicted molar refractivity (Wildman–Crippen MR) is 69.0 cm³/mol. The molecule has 2 aliphatic rings. The summed E-state index contributed by atoms with van der Waals surface area (Å²) in [6, 6.07) is 0.0802. The fraction of sp³-hybridized carbons (Fsp3) is 0.917. The summed E-state index contributed by atoms with van der Waals surface area (Å²) in [6.07, 6.45) is 3.61. The monoisotopic (exact) mass is 262 g/mol. The molecule has 4 nitrogen and oxygen atoms in total. The molecule has 2 rings (SSSR count). The van der Waals surface area contributed by atoms with Gasteiger partial charge in [-0.15, -0.1) is 12.4 Å². The fourth-order valence-corrected chi connectivity index (χ4v) is 3.17. The van der Waals surface area contributed by atoms with Crippen LogP contribution in [0.1, 0.15) is 26.2 Å². The van der Waals surface area contributed by atoms with Crippen LogP contribution < -0.4 is 11.1 Å². The van der Waals surface area contributed by atoms with E-state index in [0.29, 0.717) is 18.4 Å². The average Bonchev–Trinajstić information content (AvgIpc) is 2.85. The third kappa shape index (κ3) is 2.92. The zero-order valence-electron chi connectivity index (χ0n) is 10.5. The first-order chi connectivity index (χ1) is 7.63. The molecule has 0 aromatic rings. The van der Waals surface area contributed by atoms with Gasteiger partial charge in [-0.1, -0.05) is 0 Å². The Hall–Kier alpha value is -0.320. The Balaban J connectivity index is 0.00000144. The van der Waals surface area contributed by atoms with E-state index in [0.717, 1.165) is 6.42 Å². The van der Waals surface area contributed by atoms with Gasteiger partial charge >= 0.3 is 0 Å². The van der Waals surface area contributed by atoms with Gasteiger partial charge < -0.3 is 15.8 Å². The molecule has 1 amide bonds. The summed E-state index contributed by atoms with van der Waals surface area (Å²) >= 11 is 0. The first-order valence-electron chi connectivity index (χ1n) is 6.19. The van der Waals surface area contributed by atoms with Gasteiger partial charge in [-0.25, -0.2) is 0 Å². The van der Waals surface area contributed by atoms with Crippen LogP contribution >= 0.6 is 12.4 Å². The minimum atomic E-state index is 0. The number of hydrogen-bond donors (Lipinski definition) is 2. The van der Waals surface area contributed by atoms with E-state index in [2.05, 4.69) is 5.32 Å². The number of fused-ring (bicyclic) bond motifs is 2. The normalized spacial score (nSPS) is 36.4. The van der Waals surface area contributed by atoms with Crippen LogP contribution in [0.25, 0.3) is 0 Å². The first kappa shape index (κ1) is 14.7. The van der Waals surface area contributed by atoms with E-state index in [-0.39, 0.29) is 36.4 Å². The second-order valence-corrected chi connectivity index (χ2v) is 5.23. The Morgan fingerprint density at radius 3 is 2.65 bits per heavy atom. The number of ether oxygens (including phenoxy) is 1. The summed E-state index contributed by atoms with van der Waals surface area (Å²) in [5, 5.41) is 2.95. The van der Waals surface area contributed by atoms with Gasteiger partial charge in [0.25, 0.3) is 0 Å². The molecule has 0 aromatic heterocycles. The molecule has 2 bridgehead atoms. The van der Waals surface area contributed by atoms with Crippen molar-refractivity contribution in [2.45, 2.75) is 38.3 Å². The number of carbonyl (C=O) groups is 1. The molecule has 0 heterocycles. The third-order valence-corrected chi connectivity index (χ3v) is 4.25. The van der Waals surface area contributed by atoms with E-state index in [1.165, 1.54) is 12.8 Å². The van der Waals surface area contributed by atoms with Crippen molar-refractivity contribution in [2.24, 2.45) is 23.5 Å². The van der Waals surface area contributed by atoms with Crippen LogP contribution in [0.4, 0.5) is 0 Å². The molecular weight excluding hydrogens is 240 g/mol. The average molecular weight is 263 g/mol. The summed E-state index contributed by atoms with van der Waals surface area (Å²) in [5.41, 5.74) is 6.11. The highest BCUT2D eigenvalue weighted by Crippen LogP contribution is 2.47. The Labute approximate surface area is 109 Å². The molecule has 0 aromatic carbocycles. The molecule has 2 fully saturated rings. The van der Waals surface area contributed by atoms with Crippen LogP contribution in [0.5, 0.6) is 0 Å². The van der Waals surface area contributed by atoms with E-state index in [9.17, 15) is 4.79 Å². The lowest BCUT2D eigenvalue weighted by Crippen LogP contribution is -2.46. The Kier molecular flexibility index (Phi) is 5.22. The highest BCUT2D eigenvalue weighted by Gasteiger charge is 2.48. The van der Waals surface area contributed by atoms with E-state index in [4.69, 9.17) is 10.5 Å². The van der Waals surface area contributed by atoms with Gasteiger partial charge in [-0.2, -0.15) is 0 Å². The summed E-state index contributed by atoms with van der Waals surface area (Å²) in [6.45, 7) is 2.52. The predicted octanol–water partition coefficient (Wildman–Crippen LogP) is 0.933. The number of rotatable bonds is 4. The van der Waals surface area contributed by atoms with Crippen molar-refractivity contribution >= 4 is 18.3 Å². The van der Waals surface area contributed by atoms with Crippen LogP contribution in [0.3, 0.4) is 0 Å². The van der Waals surface area contributed by atoms with Crippen molar-refractivity contribution < 1.29 is 9.53 Å². The second-order valence-electron chi connectivity index (χ2n) is 5.23. The van der Waals surface area contributed by atoms with Crippen LogP contribution in [0.15, 0.2) is 0 Å². The Morgan fingerprint density at radius 1 is 1.47 bits per heavy atom. The highest BCUT2D eigenvalue weighted by molar-refractivity contribution is 5.85. The van der Waals surface area contributed by atoms with Gasteiger partial charge in [0.05, 0.1) is 12.0 Å². The largest absolute Gasteiger partial charge is 0.380 e. The molecule has 5 atom stereocenters. The third-order valence-electron chi connectivity index (χ3n) is 4.25. The molecule has 0 spiro atoms. The summed E-state index contributed by atoms with van der Waals surface area (Å²) < 4.78 is 5.11. The number of methoxy groups -OCH3 is 1. The van der Waals surface area contributed by atoms with Crippen molar-refractivity contribution in [3.8, 4) is 0 Å². The maximum Gasteiger partial charge on any atom is 0.225 e. The Bertz CT molecular complexity index is 273. The number of halogens is 1. The quantitative estimate of drug-likeness (QED) is 0.792. The molecule has 3 N–H and O–H groups in total. The summed E-state index contributed by atoms with van der Waals surface area (Å²) in [7, 11) is 1.65. The minimum absolute atomic E-state index is 0. The van der Waals surface area contributed by atoms with Gasteiger partial charge in [0.15, 0.2) is 0 Å². The number of amides is 1. The smallest absolute Gasteiger partial charge is 0.225 e. The van der Waals surface area contributed by atoms with Gasteiger partial charge in [-0.3, -0.25) is 4.79 Å². The lowest BCUT2D eigenvalue weighted by atomic mass is 9.84. The molecular formula is C12H23ClN2O2. The van der Waals surface area contributed by atoms with Crippen LogP contribution in [-0.4, -0.2) is 31.7 Å². The molecule has 5 heteroatoms.